The van der Waals surface area contributed by atoms with Crippen LogP contribution >= 0.6 is 0 Å². The lowest BCUT2D eigenvalue weighted by molar-refractivity contribution is -0.136. The molecule has 1 aromatic carbocycles. The van der Waals surface area contributed by atoms with Gasteiger partial charge < -0.3 is 14.8 Å². The van der Waals surface area contributed by atoms with Crippen LogP contribution in [0.3, 0.4) is 0 Å². The molecule has 1 N–H and O–H groups in total. The Morgan fingerprint density at radius 1 is 1.47 bits per heavy atom. The summed E-state index contributed by atoms with van der Waals surface area (Å²) in [5, 5.41) is 2.84. The van der Waals surface area contributed by atoms with Crippen molar-refractivity contribution in [3.8, 4) is 5.75 Å². The number of methoxy groups -OCH3 is 1. The van der Waals surface area contributed by atoms with Crippen molar-refractivity contribution in [2.24, 2.45) is 0 Å². The van der Waals surface area contributed by atoms with Crippen molar-refractivity contribution in [2.75, 3.05) is 12.4 Å². The standard InChI is InChI=1S/C12H11NO4/c1-7-3-4-10-8(5-7)13-9(12(15)17-10)6-11(14)16-2/h3-6,13H,1-2H3/b9-6-. The van der Waals surface area contributed by atoms with E-state index in [-0.39, 0.29) is 5.70 Å². The average molecular weight is 233 g/mol. The maximum absolute atomic E-state index is 11.5. The van der Waals surface area contributed by atoms with Gasteiger partial charge in [0.1, 0.15) is 5.70 Å². The zero-order chi connectivity index (χ0) is 12.4. The maximum atomic E-state index is 11.5. The summed E-state index contributed by atoms with van der Waals surface area (Å²) in [6, 6.07) is 5.36. The van der Waals surface area contributed by atoms with Gasteiger partial charge in [-0.2, -0.15) is 0 Å². The topological polar surface area (TPSA) is 64.6 Å². The van der Waals surface area contributed by atoms with Gasteiger partial charge >= 0.3 is 11.9 Å². The van der Waals surface area contributed by atoms with Crippen LogP contribution in [0.5, 0.6) is 5.75 Å². The summed E-state index contributed by atoms with van der Waals surface area (Å²) >= 11 is 0. The summed E-state index contributed by atoms with van der Waals surface area (Å²) in [6.45, 7) is 1.92. The van der Waals surface area contributed by atoms with Gasteiger partial charge in [-0.05, 0) is 24.6 Å². The van der Waals surface area contributed by atoms with Crippen LogP contribution in [0.4, 0.5) is 5.69 Å². The van der Waals surface area contributed by atoms with Gasteiger partial charge in [0.15, 0.2) is 5.75 Å². The lowest BCUT2D eigenvalue weighted by Crippen LogP contribution is -2.24. The van der Waals surface area contributed by atoms with E-state index in [1.165, 1.54) is 7.11 Å². The van der Waals surface area contributed by atoms with Crippen molar-refractivity contribution < 1.29 is 19.1 Å². The summed E-state index contributed by atoms with van der Waals surface area (Å²) in [6.07, 6.45) is 1.06. The van der Waals surface area contributed by atoms with Gasteiger partial charge in [0, 0.05) is 0 Å². The van der Waals surface area contributed by atoms with Gasteiger partial charge in [0.25, 0.3) is 0 Å². The zero-order valence-electron chi connectivity index (χ0n) is 9.44. The SMILES string of the molecule is COC(=O)/C=C1\Nc2cc(C)ccc2OC1=O. The van der Waals surface area contributed by atoms with Crippen molar-refractivity contribution in [3.05, 3.63) is 35.5 Å². The molecule has 1 heterocycles. The minimum atomic E-state index is -0.611. The number of fused-ring (bicyclic) bond motifs is 1. The Balaban J connectivity index is 2.35. The summed E-state index contributed by atoms with van der Waals surface area (Å²) in [5.74, 6) is -0.769. The fourth-order valence-corrected chi connectivity index (χ4v) is 1.45. The summed E-state index contributed by atoms with van der Waals surface area (Å²) in [5.41, 5.74) is 1.74. The molecule has 0 spiro atoms. The van der Waals surface area contributed by atoms with E-state index in [4.69, 9.17) is 4.74 Å². The van der Waals surface area contributed by atoms with E-state index in [0.717, 1.165) is 11.6 Å². The second-order valence-corrected chi connectivity index (χ2v) is 3.60. The van der Waals surface area contributed by atoms with Crippen molar-refractivity contribution in [1.82, 2.24) is 0 Å². The largest absolute Gasteiger partial charge is 0.466 e. The second-order valence-electron chi connectivity index (χ2n) is 3.60. The predicted molar refractivity (Wildman–Crippen MR) is 60.5 cm³/mol. The number of hydrogen-bond donors (Lipinski definition) is 1. The minimum Gasteiger partial charge on any atom is -0.466 e. The molecule has 0 fully saturated rings. The molecule has 0 atom stereocenters. The van der Waals surface area contributed by atoms with Crippen molar-refractivity contribution in [2.45, 2.75) is 6.92 Å². The first-order valence-electron chi connectivity index (χ1n) is 4.99. The molecule has 0 saturated carbocycles. The van der Waals surface area contributed by atoms with Crippen LogP contribution in [-0.2, 0) is 14.3 Å². The van der Waals surface area contributed by atoms with Gasteiger partial charge in [-0.1, -0.05) is 6.07 Å². The highest BCUT2D eigenvalue weighted by Crippen LogP contribution is 2.31. The Morgan fingerprint density at radius 3 is 2.94 bits per heavy atom. The minimum absolute atomic E-state index is 0.0648. The van der Waals surface area contributed by atoms with E-state index in [1.54, 1.807) is 6.07 Å². The number of anilines is 1. The number of carbonyl (C=O) groups is 2. The summed E-state index contributed by atoms with van der Waals surface area (Å²) < 4.78 is 9.52. The van der Waals surface area contributed by atoms with Gasteiger partial charge in [0.2, 0.25) is 0 Å². The molecule has 0 amide bonds. The molecule has 0 bridgehead atoms. The van der Waals surface area contributed by atoms with Crippen LogP contribution in [0, 0.1) is 6.92 Å². The van der Waals surface area contributed by atoms with E-state index >= 15 is 0 Å². The molecule has 5 heteroatoms. The summed E-state index contributed by atoms with van der Waals surface area (Å²) in [4.78, 5) is 22.6. The van der Waals surface area contributed by atoms with Gasteiger partial charge in [-0.15, -0.1) is 0 Å². The van der Waals surface area contributed by atoms with Gasteiger partial charge in [-0.25, -0.2) is 9.59 Å². The molecule has 0 aromatic heterocycles. The Hall–Kier alpha value is -2.30. The third-order valence-corrected chi connectivity index (χ3v) is 2.29. The first-order valence-corrected chi connectivity index (χ1v) is 4.99. The van der Waals surface area contributed by atoms with E-state index < -0.39 is 11.9 Å². The number of aryl methyl sites for hydroxylation is 1. The molecule has 0 aliphatic carbocycles. The van der Waals surface area contributed by atoms with E-state index in [9.17, 15) is 9.59 Å². The van der Waals surface area contributed by atoms with Crippen molar-refractivity contribution >= 4 is 17.6 Å². The van der Waals surface area contributed by atoms with Gasteiger partial charge in [0.05, 0.1) is 18.9 Å². The average Bonchev–Trinajstić information content (AvgIpc) is 2.30. The Morgan fingerprint density at radius 2 is 2.24 bits per heavy atom. The molecule has 1 aliphatic rings. The number of ether oxygens (including phenoxy) is 2. The molecule has 0 radical (unpaired) electrons. The van der Waals surface area contributed by atoms with Crippen LogP contribution in [0.2, 0.25) is 0 Å². The number of rotatable bonds is 1. The van der Waals surface area contributed by atoms with Crippen LogP contribution < -0.4 is 10.1 Å². The lowest BCUT2D eigenvalue weighted by Gasteiger charge is -2.19. The fourth-order valence-electron chi connectivity index (χ4n) is 1.45. The van der Waals surface area contributed by atoms with E-state index in [1.807, 2.05) is 19.1 Å². The Labute approximate surface area is 98.0 Å². The third-order valence-electron chi connectivity index (χ3n) is 2.29. The van der Waals surface area contributed by atoms with Crippen molar-refractivity contribution in [1.29, 1.82) is 0 Å². The fraction of sp³-hybridized carbons (Fsp3) is 0.167. The molecule has 0 unspecified atom stereocenters. The predicted octanol–water partition coefficient (Wildman–Crippen LogP) is 1.38. The first-order chi connectivity index (χ1) is 8.10. The number of hydrogen-bond acceptors (Lipinski definition) is 5. The highest BCUT2D eigenvalue weighted by atomic mass is 16.5. The Bertz CT molecular complexity index is 519. The first kappa shape index (κ1) is 11.2. The molecule has 0 saturated heterocycles. The van der Waals surface area contributed by atoms with Crippen LogP contribution in [0.25, 0.3) is 0 Å². The number of carbonyl (C=O) groups excluding carboxylic acids is 2. The number of benzene rings is 1. The van der Waals surface area contributed by atoms with Crippen LogP contribution in [0.15, 0.2) is 30.0 Å². The molecular weight excluding hydrogens is 222 g/mol. The molecule has 5 nitrogen and oxygen atoms in total. The highest BCUT2D eigenvalue weighted by molar-refractivity contribution is 6.02. The smallest absolute Gasteiger partial charge is 0.360 e. The third kappa shape index (κ3) is 2.28. The quantitative estimate of drug-likeness (QED) is 0.451. The number of esters is 2. The maximum Gasteiger partial charge on any atom is 0.360 e. The second kappa shape index (κ2) is 4.29. The van der Waals surface area contributed by atoms with Crippen LogP contribution in [-0.4, -0.2) is 19.0 Å². The molecule has 17 heavy (non-hydrogen) atoms. The van der Waals surface area contributed by atoms with Crippen molar-refractivity contribution in [3.63, 3.8) is 0 Å². The molecule has 2 rings (SSSR count). The van der Waals surface area contributed by atoms with E-state index in [2.05, 4.69) is 10.1 Å². The monoisotopic (exact) mass is 233 g/mol. The molecule has 1 aliphatic heterocycles. The zero-order valence-corrected chi connectivity index (χ0v) is 9.44. The van der Waals surface area contributed by atoms with Gasteiger partial charge in [-0.3, -0.25) is 0 Å². The Kier molecular flexibility index (Phi) is 2.82. The summed E-state index contributed by atoms with van der Waals surface area (Å²) in [7, 11) is 1.24. The normalized spacial score (nSPS) is 15.9. The van der Waals surface area contributed by atoms with E-state index in [0.29, 0.717) is 11.4 Å². The van der Waals surface area contributed by atoms with Crippen LogP contribution in [0.1, 0.15) is 5.56 Å². The highest BCUT2D eigenvalue weighted by Gasteiger charge is 2.22. The lowest BCUT2D eigenvalue weighted by atomic mass is 10.2. The molecular formula is C12H11NO4. The molecule has 1 aromatic rings. The molecule has 88 valence electrons. The number of nitrogens with one attached hydrogen (secondary N) is 1.